The van der Waals surface area contributed by atoms with E-state index in [0.717, 1.165) is 15.4 Å². The molecule has 3 aliphatic rings. The van der Waals surface area contributed by atoms with Gasteiger partial charge < -0.3 is 9.47 Å². The van der Waals surface area contributed by atoms with Crippen LogP contribution < -0.4 is 14.4 Å². The molecule has 0 aromatic heterocycles. The van der Waals surface area contributed by atoms with E-state index in [1.54, 1.807) is 54.6 Å². The van der Waals surface area contributed by atoms with E-state index in [2.05, 4.69) is 0 Å². The molecule has 38 heavy (non-hydrogen) atoms. The first kappa shape index (κ1) is 22.0. The number of ether oxygens (including phenoxy) is 2. The monoisotopic (exact) mass is 502 g/mol. The van der Waals surface area contributed by atoms with Gasteiger partial charge in [0.1, 0.15) is 0 Å². The maximum atomic E-state index is 13.4. The Morgan fingerprint density at radius 1 is 0.526 bits per heavy atom. The largest absolute Gasteiger partial charge is 0.450 e. The minimum atomic E-state index is -0.466. The summed E-state index contributed by atoms with van der Waals surface area (Å²) in [6.45, 7) is 1.96. The van der Waals surface area contributed by atoms with Gasteiger partial charge in [-0.05, 0) is 72.1 Å². The van der Waals surface area contributed by atoms with Crippen molar-refractivity contribution in [2.24, 2.45) is 0 Å². The SMILES string of the molecule is Cc1ccc2c(c1)Oc1ccc(N3C(=O)c4ccc(-c5ccc6c(c5)C(=O)N(C)C6=O)cc4C3=O)cc1O2. The number of hydrogen-bond acceptors (Lipinski definition) is 6. The number of nitrogens with zero attached hydrogens (tertiary/aromatic N) is 2. The van der Waals surface area contributed by atoms with E-state index in [1.165, 1.54) is 7.05 Å². The molecule has 8 heteroatoms. The number of carbonyl (C=O) groups excluding carboxylic acids is 4. The number of carbonyl (C=O) groups is 4. The van der Waals surface area contributed by atoms with Gasteiger partial charge in [-0.2, -0.15) is 0 Å². The molecule has 0 N–H and O–H groups in total. The molecule has 0 radical (unpaired) electrons. The summed E-state index contributed by atoms with van der Waals surface area (Å²) in [5.41, 5.74) is 3.90. The second-order valence-electron chi connectivity index (χ2n) is 9.42. The first-order valence-corrected chi connectivity index (χ1v) is 11.9. The van der Waals surface area contributed by atoms with Gasteiger partial charge in [-0.1, -0.05) is 18.2 Å². The van der Waals surface area contributed by atoms with Gasteiger partial charge in [0.05, 0.1) is 27.9 Å². The van der Waals surface area contributed by atoms with Crippen molar-refractivity contribution in [1.29, 1.82) is 0 Å². The molecule has 184 valence electrons. The van der Waals surface area contributed by atoms with Gasteiger partial charge in [0, 0.05) is 13.1 Å². The van der Waals surface area contributed by atoms with Gasteiger partial charge in [0.2, 0.25) is 0 Å². The standard InChI is InChI=1S/C30H18N2O6/c1-15-3-9-23-25(11-15)37-24-10-6-18(14-26(24)38-23)32-29(35)20-8-5-17(13-22(20)30(32)36)16-4-7-19-21(12-16)28(34)31(2)27(19)33/h3-14H,1-2H3. The highest BCUT2D eigenvalue weighted by molar-refractivity contribution is 6.34. The van der Waals surface area contributed by atoms with Crippen LogP contribution in [-0.4, -0.2) is 35.6 Å². The van der Waals surface area contributed by atoms with Crippen molar-refractivity contribution < 1.29 is 28.7 Å². The topological polar surface area (TPSA) is 93.2 Å². The van der Waals surface area contributed by atoms with Gasteiger partial charge in [-0.15, -0.1) is 0 Å². The maximum Gasteiger partial charge on any atom is 0.266 e. The summed E-state index contributed by atoms with van der Waals surface area (Å²) in [5, 5.41) is 0. The molecule has 0 atom stereocenters. The van der Waals surface area contributed by atoms with Gasteiger partial charge in [-0.25, -0.2) is 4.90 Å². The summed E-state index contributed by atoms with van der Waals surface area (Å²) in [7, 11) is 1.44. The molecule has 0 aliphatic carbocycles. The zero-order valence-corrected chi connectivity index (χ0v) is 20.3. The Morgan fingerprint density at radius 2 is 1.05 bits per heavy atom. The fourth-order valence-corrected chi connectivity index (χ4v) is 5.01. The highest BCUT2D eigenvalue weighted by Crippen LogP contribution is 2.47. The van der Waals surface area contributed by atoms with Crippen molar-refractivity contribution in [3.63, 3.8) is 0 Å². The van der Waals surface area contributed by atoms with Crippen LogP contribution in [0.15, 0.2) is 72.8 Å². The zero-order chi connectivity index (χ0) is 26.3. The van der Waals surface area contributed by atoms with E-state index in [1.807, 2.05) is 25.1 Å². The fourth-order valence-electron chi connectivity index (χ4n) is 5.01. The Bertz CT molecular complexity index is 1790. The number of rotatable bonds is 2. The average molecular weight is 502 g/mol. The normalized spacial score (nSPS) is 15.1. The average Bonchev–Trinajstić information content (AvgIpc) is 3.30. The molecule has 8 nitrogen and oxygen atoms in total. The summed E-state index contributed by atoms with van der Waals surface area (Å²) in [5.74, 6) is 0.407. The van der Waals surface area contributed by atoms with Crippen LogP contribution in [0.3, 0.4) is 0 Å². The van der Waals surface area contributed by atoms with E-state index in [4.69, 9.17) is 9.47 Å². The molecule has 4 aromatic carbocycles. The Morgan fingerprint density at radius 3 is 1.74 bits per heavy atom. The summed E-state index contributed by atoms with van der Waals surface area (Å²) >= 11 is 0. The Hall–Kier alpha value is -5.24. The quantitative estimate of drug-likeness (QED) is 0.292. The third kappa shape index (κ3) is 3.03. The predicted molar refractivity (Wildman–Crippen MR) is 137 cm³/mol. The van der Waals surface area contributed by atoms with E-state index in [0.29, 0.717) is 50.9 Å². The number of aryl methyl sites for hydroxylation is 1. The zero-order valence-electron chi connectivity index (χ0n) is 20.3. The first-order valence-electron chi connectivity index (χ1n) is 11.9. The molecule has 0 unspecified atom stereocenters. The number of imide groups is 2. The van der Waals surface area contributed by atoms with E-state index in [9.17, 15) is 19.2 Å². The Balaban J connectivity index is 1.22. The summed E-state index contributed by atoms with van der Waals surface area (Å²) < 4.78 is 11.9. The van der Waals surface area contributed by atoms with Gasteiger partial charge in [0.25, 0.3) is 23.6 Å². The molecule has 4 amide bonds. The van der Waals surface area contributed by atoms with Crippen LogP contribution in [0.5, 0.6) is 23.0 Å². The van der Waals surface area contributed by atoms with Crippen LogP contribution in [0, 0.1) is 6.92 Å². The van der Waals surface area contributed by atoms with Gasteiger partial charge in [-0.3, -0.25) is 24.1 Å². The van der Waals surface area contributed by atoms with E-state index >= 15 is 0 Å². The fraction of sp³-hybridized carbons (Fsp3) is 0.0667. The molecular weight excluding hydrogens is 484 g/mol. The van der Waals surface area contributed by atoms with Crippen LogP contribution in [0.4, 0.5) is 5.69 Å². The molecular formula is C30H18N2O6. The first-order chi connectivity index (χ1) is 18.3. The van der Waals surface area contributed by atoms with Crippen molar-refractivity contribution in [2.45, 2.75) is 6.92 Å². The Kier molecular flexibility index (Phi) is 4.42. The second kappa shape index (κ2) is 7.63. The van der Waals surface area contributed by atoms with Crippen molar-refractivity contribution >= 4 is 29.3 Å². The predicted octanol–water partition coefficient (Wildman–Crippen LogP) is 5.59. The molecule has 3 heterocycles. The van der Waals surface area contributed by atoms with Gasteiger partial charge in [0.15, 0.2) is 23.0 Å². The maximum absolute atomic E-state index is 13.4. The molecule has 0 saturated heterocycles. The third-order valence-corrected chi connectivity index (χ3v) is 7.03. The lowest BCUT2D eigenvalue weighted by molar-refractivity contribution is 0.0692. The highest BCUT2D eigenvalue weighted by Gasteiger charge is 2.38. The van der Waals surface area contributed by atoms with E-state index < -0.39 is 11.8 Å². The van der Waals surface area contributed by atoms with Crippen molar-refractivity contribution in [3.05, 3.63) is 101 Å². The summed E-state index contributed by atoms with van der Waals surface area (Å²) in [4.78, 5) is 53.6. The van der Waals surface area contributed by atoms with Crippen LogP contribution in [-0.2, 0) is 0 Å². The van der Waals surface area contributed by atoms with Crippen molar-refractivity contribution in [2.75, 3.05) is 11.9 Å². The summed E-state index contributed by atoms with van der Waals surface area (Å²) in [6.07, 6.45) is 0. The number of benzene rings is 4. The number of amides is 4. The molecule has 3 aliphatic heterocycles. The molecule has 0 bridgehead atoms. The van der Waals surface area contributed by atoms with Crippen LogP contribution >= 0.6 is 0 Å². The van der Waals surface area contributed by atoms with Crippen LogP contribution in [0.25, 0.3) is 11.1 Å². The third-order valence-electron chi connectivity index (χ3n) is 7.03. The second-order valence-corrected chi connectivity index (χ2v) is 9.42. The minimum Gasteiger partial charge on any atom is -0.450 e. The van der Waals surface area contributed by atoms with Gasteiger partial charge >= 0.3 is 0 Å². The lowest BCUT2D eigenvalue weighted by Crippen LogP contribution is -2.29. The van der Waals surface area contributed by atoms with Crippen LogP contribution in [0.1, 0.15) is 47.0 Å². The molecule has 4 aromatic rings. The van der Waals surface area contributed by atoms with Crippen molar-refractivity contribution in [1.82, 2.24) is 4.90 Å². The molecule has 0 saturated carbocycles. The lowest BCUT2D eigenvalue weighted by atomic mass is 9.97. The lowest BCUT2D eigenvalue weighted by Gasteiger charge is -2.23. The molecule has 0 fully saturated rings. The molecule has 0 spiro atoms. The smallest absolute Gasteiger partial charge is 0.266 e. The Labute approximate surface area is 216 Å². The number of fused-ring (bicyclic) bond motifs is 4. The van der Waals surface area contributed by atoms with Crippen LogP contribution in [0.2, 0.25) is 0 Å². The van der Waals surface area contributed by atoms with E-state index in [-0.39, 0.29) is 22.9 Å². The molecule has 7 rings (SSSR count). The summed E-state index contributed by atoms with van der Waals surface area (Å²) in [6, 6.07) is 20.5. The number of anilines is 1. The minimum absolute atomic E-state index is 0.253. The number of hydrogen-bond donors (Lipinski definition) is 0. The van der Waals surface area contributed by atoms with Crippen molar-refractivity contribution in [3.8, 4) is 34.1 Å². The highest BCUT2D eigenvalue weighted by atomic mass is 16.6.